The zero-order valence-corrected chi connectivity index (χ0v) is 27.9. The Labute approximate surface area is 271 Å². The molecule has 0 bridgehead atoms. The summed E-state index contributed by atoms with van der Waals surface area (Å²) in [5, 5.41) is 3.35. The highest BCUT2D eigenvalue weighted by Crippen LogP contribution is 2.31. The molecule has 0 aromatic heterocycles. The number of aryl methyl sites for hydroxylation is 2. The molecule has 2 amide bonds. The van der Waals surface area contributed by atoms with Crippen LogP contribution in [0.25, 0.3) is 0 Å². The molecular formula is C36H40ClN3O4S. The topological polar surface area (TPSA) is 86.8 Å². The molecule has 4 aromatic carbocycles. The summed E-state index contributed by atoms with van der Waals surface area (Å²) in [5.41, 5.74) is 4.41. The monoisotopic (exact) mass is 645 g/mol. The van der Waals surface area contributed by atoms with Gasteiger partial charge in [-0.3, -0.25) is 13.9 Å². The van der Waals surface area contributed by atoms with Gasteiger partial charge in [-0.25, -0.2) is 8.42 Å². The number of benzene rings is 4. The average molecular weight is 646 g/mol. The van der Waals surface area contributed by atoms with Crippen LogP contribution in [0.3, 0.4) is 0 Å². The van der Waals surface area contributed by atoms with Crippen LogP contribution in [0, 0.1) is 20.8 Å². The fraction of sp³-hybridized carbons (Fsp3) is 0.278. The third kappa shape index (κ3) is 8.53. The second-order valence-corrected chi connectivity index (χ2v) is 13.9. The van der Waals surface area contributed by atoms with Gasteiger partial charge in [0.15, 0.2) is 0 Å². The molecule has 0 aliphatic heterocycles. The van der Waals surface area contributed by atoms with E-state index in [1.165, 1.54) is 17.0 Å². The molecule has 0 unspecified atom stereocenters. The van der Waals surface area contributed by atoms with Crippen LogP contribution in [0.5, 0.6) is 0 Å². The Bertz CT molecular complexity index is 1740. The molecule has 236 valence electrons. The molecule has 0 aliphatic carbocycles. The smallest absolute Gasteiger partial charge is 0.264 e. The predicted octanol–water partition coefficient (Wildman–Crippen LogP) is 6.63. The number of sulfonamides is 1. The van der Waals surface area contributed by atoms with E-state index in [4.69, 9.17) is 11.6 Å². The first kappa shape index (κ1) is 33.7. The normalized spacial score (nSPS) is 12.1. The van der Waals surface area contributed by atoms with Crippen LogP contribution in [-0.4, -0.2) is 43.8 Å². The molecule has 0 fully saturated rings. The van der Waals surface area contributed by atoms with E-state index >= 15 is 0 Å². The first-order valence-corrected chi connectivity index (χ1v) is 16.7. The van der Waals surface area contributed by atoms with Crippen molar-refractivity contribution in [2.24, 2.45) is 0 Å². The summed E-state index contributed by atoms with van der Waals surface area (Å²) in [6, 6.07) is 27.6. The van der Waals surface area contributed by atoms with Gasteiger partial charge in [0.2, 0.25) is 11.8 Å². The maximum absolute atomic E-state index is 14.6. The summed E-state index contributed by atoms with van der Waals surface area (Å²) in [6.07, 6.45) is 0.248. The molecule has 0 aliphatic rings. The summed E-state index contributed by atoms with van der Waals surface area (Å²) in [6.45, 7) is 8.85. The number of hydrogen-bond acceptors (Lipinski definition) is 4. The van der Waals surface area contributed by atoms with E-state index < -0.39 is 28.5 Å². The number of anilines is 1. The fourth-order valence-corrected chi connectivity index (χ4v) is 6.80. The molecule has 0 spiro atoms. The van der Waals surface area contributed by atoms with E-state index in [2.05, 4.69) is 5.32 Å². The molecule has 1 atom stereocenters. The van der Waals surface area contributed by atoms with Gasteiger partial charge in [0.05, 0.1) is 10.6 Å². The highest BCUT2D eigenvalue weighted by molar-refractivity contribution is 7.92. The summed E-state index contributed by atoms with van der Waals surface area (Å²) in [4.78, 5) is 29.9. The second-order valence-electron chi connectivity index (χ2n) is 11.6. The van der Waals surface area contributed by atoms with Crippen LogP contribution in [0.2, 0.25) is 5.02 Å². The Morgan fingerprint density at radius 2 is 1.44 bits per heavy atom. The molecule has 45 heavy (non-hydrogen) atoms. The molecule has 0 saturated carbocycles. The molecule has 0 saturated heterocycles. The van der Waals surface area contributed by atoms with Gasteiger partial charge in [0.1, 0.15) is 12.6 Å². The van der Waals surface area contributed by atoms with Gasteiger partial charge in [-0.05, 0) is 75.6 Å². The van der Waals surface area contributed by atoms with Crippen LogP contribution in [0.1, 0.15) is 41.7 Å². The van der Waals surface area contributed by atoms with Crippen molar-refractivity contribution in [2.45, 2.75) is 64.6 Å². The zero-order chi connectivity index (χ0) is 32.7. The highest BCUT2D eigenvalue weighted by Gasteiger charge is 2.35. The van der Waals surface area contributed by atoms with E-state index in [-0.39, 0.29) is 35.5 Å². The minimum atomic E-state index is -4.22. The van der Waals surface area contributed by atoms with Crippen LogP contribution in [-0.2, 0) is 32.6 Å². The Morgan fingerprint density at radius 1 is 0.800 bits per heavy atom. The highest BCUT2D eigenvalue weighted by atomic mass is 35.5. The lowest BCUT2D eigenvalue weighted by Gasteiger charge is -2.34. The number of halogens is 1. The Hall–Kier alpha value is -4.14. The average Bonchev–Trinajstić information content (AvgIpc) is 2.99. The Kier molecular flexibility index (Phi) is 11.1. The molecule has 4 rings (SSSR count). The molecule has 9 heteroatoms. The van der Waals surface area contributed by atoms with Gasteiger partial charge in [-0.2, -0.15) is 0 Å². The summed E-state index contributed by atoms with van der Waals surface area (Å²) in [7, 11) is -4.22. The van der Waals surface area contributed by atoms with Crippen LogP contribution >= 0.6 is 11.6 Å². The van der Waals surface area contributed by atoms with E-state index in [1.807, 2.05) is 82.3 Å². The third-order valence-corrected chi connectivity index (χ3v) is 9.72. The number of nitrogens with one attached hydrogen (secondary N) is 1. The number of rotatable bonds is 12. The molecule has 0 radical (unpaired) electrons. The standard InChI is InChI=1S/C36H40ClN3O4S/c1-25(2)38-36(42)34(22-29-12-7-6-8-13-29)39(23-30-14-9-11-27(4)21-30)35(41)24-40(33-16-10-15-32(37)28(33)5)45(43,44)31-19-17-26(3)18-20-31/h6-21,25,34H,22-24H2,1-5H3,(H,38,42)/t34-/m1/s1. The van der Waals surface area contributed by atoms with Gasteiger partial charge in [0, 0.05) is 24.0 Å². The number of amides is 2. The van der Waals surface area contributed by atoms with E-state index in [0.29, 0.717) is 10.6 Å². The van der Waals surface area contributed by atoms with Crippen molar-refractivity contribution in [3.8, 4) is 0 Å². The first-order valence-electron chi connectivity index (χ1n) is 14.9. The third-order valence-electron chi connectivity index (χ3n) is 7.53. The van der Waals surface area contributed by atoms with E-state index in [9.17, 15) is 18.0 Å². The first-order chi connectivity index (χ1) is 21.4. The van der Waals surface area contributed by atoms with Crippen molar-refractivity contribution in [1.82, 2.24) is 10.2 Å². The van der Waals surface area contributed by atoms with E-state index in [1.54, 1.807) is 37.3 Å². The maximum atomic E-state index is 14.6. The van der Waals surface area contributed by atoms with E-state index in [0.717, 1.165) is 26.6 Å². The SMILES string of the molecule is Cc1ccc(S(=O)(=O)N(CC(=O)N(Cc2cccc(C)c2)[C@H](Cc2ccccc2)C(=O)NC(C)C)c2cccc(Cl)c2C)cc1. The summed E-state index contributed by atoms with van der Waals surface area (Å²) < 4.78 is 29.6. The van der Waals surface area contributed by atoms with Crippen molar-refractivity contribution in [1.29, 1.82) is 0 Å². The van der Waals surface area contributed by atoms with Gasteiger partial charge in [-0.15, -0.1) is 0 Å². The lowest BCUT2D eigenvalue weighted by atomic mass is 10.0. The predicted molar refractivity (Wildman–Crippen MR) is 181 cm³/mol. The lowest BCUT2D eigenvalue weighted by Crippen LogP contribution is -2.54. The summed E-state index contributed by atoms with van der Waals surface area (Å²) in [5.74, 6) is -0.840. The van der Waals surface area contributed by atoms with Crippen molar-refractivity contribution in [3.63, 3.8) is 0 Å². The molecule has 7 nitrogen and oxygen atoms in total. The van der Waals surface area contributed by atoms with Gasteiger partial charge < -0.3 is 10.2 Å². The van der Waals surface area contributed by atoms with Crippen LogP contribution < -0.4 is 9.62 Å². The largest absolute Gasteiger partial charge is 0.352 e. The minimum Gasteiger partial charge on any atom is -0.352 e. The second kappa shape index (κ2) is 14.8. The Morgan fingerprint density at radius 3 is 2.09 bits per heavy atom. The van der Waals surface area contributed by atoms with Crippen molar-refractivity contribution < 1.29 is 18.0 Å². The molecular weight excluding hydrogens is 606 g/mol. The molecule has 1 N–H and O–H groups in total. The number of hydrogen-bond donors (Lipinski definition) is 1. The van der Waals surface area contributed by atoms with Gasteiger partial charge in [-0.1, -0.05) is 95.5 Å². The number of carbonyl (C=O) groups excluding carboxylic acids is 2. The fourth-order valence-electron chi connectivity index (χ4n) is 5.16. The van der Waals surface area contributed by atoms with Crippen molar-refractivity contribution in [2.75, 3.05) is 10.8 Å². The maximum Gasteiger partial charge on any atom is 0.264 e. The Balaban J connectivity index is 1.84. The lowest BCUT2D eigenvalue weighted by molar-refractivity contribution is -0.140. The van der Waals surface area contributed by atoms with Crippen molar-refractivity contribution in [3.05, 3.63) is 130 Å². The number of carbonyl (C=O) groups is 2. The minimum absolute atomic E-state index is 0.0453. The van der Waals surface area contributed by atoms with Gasteiger partial charge >= 0.3 is 0 Å². The quantitative estimate of drug-likeness (QED) is 0.188. The van der Waals surface area contributed by atoms with Crippen LogP contribution in [0.4, 0.5) is 5.69 Å². The summed E-state index contributed by atoms with van der Waals surface area (Å²) >= 11 is 6.46. The number of nitrogens with zero attached hydrogens (tertiary/aromatic N) is 2. The van der Waals surface area contributed by atoms with Crippen molar-refractivity contribution >= 4 is 39.1 Å². The molecule has 0 heterocycles. The van der Waals surface area contributed by atoms with Gasteiger partial charge in [0.25, 0.3) is 10.0 Å². The zero-order valence-electron chi connectivity index (χ0n) is 26.3. The van der Waals surface area contributed by atoms with Crippen LogP contribution in [0.15, 0.2) is 102 Å². The molecule has 4 aromatic rings.